The molecule has 0 N–H and O–H groups in total. The van der Waals surface area contributed by atoms with E-state index in [0.29, 0.717) is 45.8 Å². The van der Waals surface area contributed by atoms with Crippen LogP contribution in [0.1, 0.15) is 158 Å². The average molecular weight is 1010 g/mol. The molecular formula is C54H74F2N2S7. The monoisotopic (exact) mass is 1010 g/mol. The quantitative estimate of drug-likeness (QED) is 0.0541. The molecule has 7 heterocycles. The van der Waals surface area contributed by atoms with Crippen LogP contribution in [-0.2, 0) is 0 Å². The maximum Gasteiger partial charge on any atom is 0.170 e. The summed E-state index contributed by atoms with van der Waals surface area (Å²) in [6, 6.07) is 9.51. The first-order chi connectivity index (χ1) is 31.7. The smallest absolute Gasteiger partial charge is 0.170 e. The fourth-order valence-corrected chi connectivity index (χ4v) is 29.0. The van der Waals surface area contributed by atoms with Crippen LogP contribution in [0, 0.1) is 35.3 Å². The van der Waals surface area contributed by atoms with Crippen LogP contribution >= 0.6 is 77.1 Å². The average Bonchev–Trinajstić information content (AvgIpc) is 4.19. The number of nitrogens with zero attached hydrogens (tertiary/aromatic N) is 2. The molecule has 0 saturated carbocycles. The Hall–Kier alpha value is -1.60. The second-order valence-electron chi connectivity index (χ2n) is 19.3. The summed E-state index contributed by atoms with van der Waals surface area (Å²) in [6.45, 7) is 18.8. The summed E-state index contributed by atoms with van der Waals surface area (Å²) in [5.41, 5.74) is 1.65. The van der Waals surface area contributed by atoms with Gasteiger partial charge in [0.2, 0.25) is 0 Å². The van der Waals surface area contributed by atoms with Gasteiger partial charge >= 0.3 is 0 Å². The number of hydrogen-bond acceptors (Lipinski definition) is 7. The van der Waals surface area contributed by atoms with Crippen LogP contribution in [0.2, 0.25) is 0 Å². The summed E-state index contributed by atoms with van der Waals surface area (Å²) in [5.74, 6) is 5.80. The lowest BCUT2D eigenvalue weighted by molar-refractivity contribution is 0.484. The van der Waals surface area contributed by atoms with E-state index in [-0.39, 0.29) is 0 Å². The fourth-order valence-electron chi connectivity index (χ4n) is 11.1. The molecule has 4 atom stereocenters. The molecule has 65 heavy (non-hydrogen) atoms. The first-order valence-electron chi connectivity index (χ1n) is 25.3. The van der Waals surface area contributed by atoms with Crippen molar-refractivity contribution in [2.24, 2.45) is 23.7 Å². The predicted molar refractivity (Wildman–Crippen MR) is 292 cm³/mol. The third-order valence-corrected chi connectivity index (χ3v) is 29.5. The van der Waals surface area contributed by atoms with Crippen LogP contribution in [0.25, 0.3) is 51.4 Å². The van der Waals surface area contributed by atoms with Crippen molar-refractivity contribution in [2.75, 3.05) is 23.0 Å². The standard InChI is InChI=1S/C54H74F2N2S7/c1-9-17-21-35(13-5)31-64(32-36(14-6)22-18-10-2)41-25-27-59-51(41)53-43(64)29-39(61-53)45-47(55)48(56)46(50-49(45)57-63-58-50)40-30-44-54(62-40)52-42(26-28-60-52)65(44,33-37(15-7)23-19-11-3)34-38(16-8)24-20-12-4/h25-30,35-38H,9-24,31-34H2,1-8H3. The van der Waals surface area contributed by atoms with Gasteiger partial charge in [0.15, 0.2) is 11.6 Å². The van der Waals surface area contributed by atoms with Gasteiger partial charge in [0, 0.05) is 29.3 Å². The zero-order valence-electron chi connectivity index (χ0n) is 40.4. The van der Waals surface area contributed by atoms with Gasteiger partial charge in [-0.25, -0.2) is 8.78 Å². The molecule has 6 aromatic rings. The minimum atomic E-state index is -1.41. The Bertz CT molecular complexity index is 2300. The highest BCUT2D eigenvalue weighted by Crippen LogP contribution is 2.78. The summed E-state index contributed by atoms with van der Waals surface area (Å²) >= 11 is 8.15. The largest absolute Gasteiger partial charge is 0.203 e. The highest BCUT2D eigenvalue weighted by atomic mass is 32.3. The highest BCUT2D eigenvalue weighted by molar-refractivity contribution is 8.34. The molecule has 1 aromatic carbocycles. The van der Waals surface area contributed by atoms with Crippen molar-refractivity contribution in [3.05, 3.63) is 46.7 Å². The molecule has 0 saturated heterocycles. The maximum absolute atomic E-state index is 17.5. The van der Waals surface area contributed by atoms with E-state index in [4.69, 9.17) is 8.75 Å². The molecule has 11 heteroatoms. The van der Waals surface area contributed by atoms with Gasteiger partial charge in [0.25, 0.3) is 0 Å². The van der Waals surface area contributed by atoms with Gasteiger partial charge < -0.3 is 0 Å². The molecule has 8 rings (SSSR count). The van der Waals surface area contributed by atoms with E-state index < -0.39 is 31.7 Å². The summed E-state index contributed by atoms with van der Waals surface area (Å²) in [4.78, 5) is 12.9. The Morgan fingerprint density at radius 3 is 1.12 bits per heavy atom. The molecule has 0 radical (unpaired) electrons. The van der Waals surface area contributed by atoms with Gasteiger partial charge in [-0.3, -0.25) is 0 Å². The van der Waals surface area contributed by atoms with Crippen LogP contribution < -0.4 is 0 Å². The number of halogens is 2. The summed E-state index contributed by atoms with van der Waals surface area (Å²) in [5, 5.41) is 4.59. The second kappa shape index (κ2) is 22.0. The topological polar surface area (TPSA) is 25.8 Å². The summed E-state index contributed by atoms with van der Waals surface area (Å²) in [7, 11) is -2.81. The molecule has 0 fully saturated rings. The number of hydrogen-bond donors (Lipinski definition) is 0. The zero-order chi connectivity index (χ0) is 45.9. The predicted octanol–water partition coefficient (Wildman–Crippen LogP) is 20.8. The van der Waals surface area contributed by atoms with Crippen LogP contribution in [0.3, 0.4) is 0 Å². The highest BCUT2D eigenvalue weighted by Gasteiger charge is 2.46. The first-order valence-corrected chi connectivity index (χ1v) is 33.4. The van der Waals surface area contributed by atoms with E-state index in [1.165, 1.54) is 155 Å². The van der Waals surface area contributed by atoms with Gasteiger partial charge in [-0.2, -0.15) is 28.8 Å². The van der Waals surface area contributed by atoms with Crippen molar-refractivity contribution in [3.63, 3.8) is 0 Å². The zero-order valence-corrected chi connectivity index (χ0v) is 46.1. The Morgan fingerprint density at radius 1 is 0.477 bits per heavy atom. The third-order valence-electron chi connectivity index (χ3n) is 15.1. The van der Waals surface area contributed by atoms with Crippen molar-refractivity contribution in [2.45, 2.75) is 178 Å². The van der Waals surface area contributed by atoms with Gasteiger partial charge in [-0.05, 0) is 107 Å². The molecule has 0 spiro atoms. The molecule has 2 nitrogen and oxygen atoms in total. The van der Waals surface area contributed by atoms with Gasteiger partial charge in [-0.1, -0.05) is 132 Å². The van der Waals surface area contributed by atoms with E-state index in [9.17, 15) is 0 Å². The molecule has 0 amide bonds. The van der Waals surface area contributed by atoms with Gasteiger partial charge in [0.05, 0.1) is 42.4 Å². The number of benzene rings is 1. The second-order valence-corrected chi connectivity index (χ2v) is 30.4. The van der Waals surface area contributed by atoms with Crippen LogP contribution in [0.5, 0.6) is 0 Å². The van der Waals surface area contributed by atoms with E-state index >= 15 is 8.78 Å². The molecule has 0 aliphatic carbocycles. The molecule has 0 bridgehead atoms. The number of aromatic nitrogens is 2. The van der Waals surface area contributed by atoms with Crippen molar-refractivity contribution in [3.8, 4) is 40.4 Å². The molecule has 4 unspecified atom stereocenters. The number of fused-ring (bicyclic) bond motifs is 7. The van der Waals surface area contributed by atoms with Crippen molar-refractivity contribution >= 4 is 88.2 Å². The number of thiophene rings is 4. The van der Waals surface area contributed by atoms with E-state index in [1.54, 1.807) is 32.5 Å². The Kier molecular flexibility index (Phi) is 16.9. The van der Waals surface area contributed by atoms with Crippen LogP contribution in [0.15, 0.2) is 54.6 Å². The first kappa shape index (κ1) is 49.8. The molecule has 2 aliphatic rings. The molecule has 356 valence electrons. The van der Waals surface area contributed by atoms with Crippen LogP contribution in [0.4, 0.5) is 8.78 Å². The third kappa shape index (κ3) is 9.31. The fraction of sp³-hybridized carbons (Fsp3) is 0.593. The Labute approximate surface area is 413 Å². The van der Waals surface area contributed by atoms with Crippen molar-refractivity contribution in [1.29, 1.82) is 0 Å². The molecule has 2 aliphatic heterocycles. The van der Waals surface area contributed by atoms with Gasteiger partial charge in [-0.15, -0.1) is 45.3 Å². The van der Waals surface area contributed by atoms with E-state index in [1.807, 2.05) is 22.7 Å². The lowest BCUT2D eigenvalue weighted by Crippen LogP contribution is -2.20. The molecule has 5 aromatic heterocycles. The Morgan fingerprint density at radius 2 is 0.815 bits per heavy atom. The normalized spacial score (nSPS) is 21.4. The molecular weight excluding hydrogens is 939 g/mol. The summed E-state index contributed by atoms with van der Waals surface area (Å²) in [6.07, 6.45) is 19.6. The number of rotatable bonds is 26. The lowest BCUT2D eigenvalue weighted by atomic mass is 10.0. The lowest BCUT2D eigenvalue weighted by Gasteiger charge is -2.42. The van der Waals surface area contributed by atoms with Crippen molar-refractivity contribution in [1.82, 2.24) is 8.75 Å². The van der Waals surface area contributed by atoms with E-state index in [2.05, 4.69) is 90.4 Å². The van der Waals surface area contributed by atoms with Gasteiger partial charge in [0.1, 0.15) is 11.0 Å². The Balaban J connectivity index is 1.26. The number of unbranched alkanes of at least 4 members (excludes halogenated alkanes) is 4. The van der Waals surface area contributed by atoms with E-state index in [0.717, 1.165) is 21.5 Å². The summed E-state index contributed by atoms with van der Waals surface area (Å²) < 4.78 is 44.8. The van der Waals surface area contributed by atoms with Crippen molar-refractivity contribution < 1.29 is 8.78 Å². The maximum atomic E-state index is 17.5. The SMILES string of the molecule is CCCCC(CC)CS1(CC(CC)CCCC)c2ccsc2-c2sc(-c3c(F)c(F)c(-c4cc5c(s4)-c4sccc4S5(CC(CC)CCCC)CC(CC)CCCC)c4nsnc34)cc21. The minimum Gasteiger partial charge on any atom is -0.203 e. The van der Waals surface area contributed by atoms with Crippen LogP contribution in [-0.4, -0.2) is 31.8 Å². The minimum absolute atomic E-state index is 0.310.